The van der Waals surface area contributed by atoms with E-state index in [1.54, 1.807) is 11.3 Å². The molecular formula is C11H18N2OS. The van der Waals surface area contributed by atoms with E-state index in [0.717, 1.165) is 17.8 Å². The summed E-state index contributed by atoms with van der Waals surface area (Å²) in [6, 6.07) is 0.0862. The largest absolute Gasteiger partial charge is 0.370 e. The van der Waals surface area contributed by atoms with Crippen molar-refractivity contribution in [2.24, 2.45) is 5.73 Å². The fourth-order valence-electron chi connectivity index (χ4n) is 1.91. The summed E-state index contributed by atoms with van der Waals surface area (Å²) in [5.41, 5.74) is 7.19. The molecule has 0 spiro atoms. The van der Waals surface area contributed by atoms with E-state index in [1.807, 2.05) is 0 Å². The summed E-state index contributed by atoms with van der Waals surface area (Å²) in [7, 11) is 0. The van der Waals surface area contributed by atoms with Gasteiger partial charge in [-0.1, -0.05) is 6.92 Å². The van der Waals surface area contributed by atoms with E-state index >= 15 is 0 Å². The van der Waals surface area contributed by atoms with E-state index in [1.165, 1.54) is 10.6 Å². The second kappa shape index (κ2) is 4.20. The lowest BCUT2D eigenvalue weighted by Gasteiger charge is -2.23. The number of rotatable bonds is 2. The highest BCUT2D eigenvalue weighted by molar-refractivity contribution is 7.11. The van der Waals surface area contributed by atoms with Crippen molar-refractivity contribution in [3.63, 3.8) is 0 Å². The molecule has 2 N–H and O–H groups in total. The van der Waals surface area contributed by atoms with E-state index in [0.29, 0.717) is 0 Å². The molecule has 0 radical (unpaired) electrons. The predicted octanol–water partition coefficient (Wildman–Crippen LogP) is 2.58. The lowest BCUT2D eigenvalue weighted by molar-refractivity contribution is -0.00318. The van der Waals surface area contributed by atoms with Crippen molar-refractivity contribution in [1.29, 1.82) is 0 Å². The van der Waals surface area contributed by atoms with Crippen LogP contribution in [0, 0.1) is 0 Å². The molecule has 2 rings (SSSR count). The predicted molar refractivity (Wildman–Crippen MR) is 62.0 cm³/mol. The Hall–Kier alpha value is -0.450. The first kappa shape index (κ1) is 11.0. The van der Waals surface area contributed by atoms with Crippen LogP contribution in [0.5, 0.6) is 0 Å². The smallest absolute Gasteiger partial charge is 0.110 e. The Morgan fingerprint density at radius 3 is 3.00 bits per heavy atom. The van der Waals surface area contributed by atoms with Crippen molar-refractivity contribution in [3.8, 4) is 0 Å². The van der Waals surface area contributed by atoms with E-state index in [9.17, 15) is 0 Å². The van der Waals surface area contributed by atoms with Crippen LogP contribution in [-0.2, 0) is 11.2 Å². The van der Waals surface area contributed by atoms with E-state index in [4.69, 9.17) is 10.5 Å². The molecular weight excluding hydrogens is 208 g/mol. The molecule has 0 saturated heterocycles. The highest BCUT2D eigenvalue weighted by atomic mass is 32.1. The third-order valence-electron chi connectivity index (χ3n) is 2.79. The van der Waals surface area contributed by atoms with Gasteiger partial charge in [0.05, 0.1) is 28.8 Å². The Bertz CT molecular complexity index is 350. The van der Waals surface area contributed by atoms with Crippen LogP contribution in [0.25, 0.3) is 0 Å². The third kappa shape index (κ3) is 2.07. The molecule has 1 aromatic rings. The normalized spacial score (nSPS) is 27.5. The number of fused-ring (bicyclic) bond motifs is 1. The summed E-state index contributed by atoms with van der Waals surface area (Å²) in [4.78, 5) is 5.91. The van der Waals surface area contributed by atoms with Crippen molar-refractivity contribution in [1.82, 2.24) is 4.98 Å². The van der Waals surface area contributed by atoms with Crippen LogP contribution in [0.15, 0.2) is 0 Å². The lowest BCUT2D eigenvalue weighted by Crippen LogP contribution is -2.21. The van der Waals surface area contributed by atoms with Gasteiger partial charge in [0.15, 0.2) is 0 Å². The minimum Gasteiger partial charge on any atom is -0.370 e. The van der Waals surface area contributed by atoms with Gasteiger partial charge in [-0.25, -0.2) is 4.98 Å². The first-order chi connectivity index (χ1) is 7.11. The van der Waals surface area contributed by atoms with Crippen LogP contribution in [0.2, 0.25) is 0 Å². The maximum atomic E-state index is 5.99. The minimum atomic E-state index is 0.0862. The van der Waals surface area contributed by atoms with E-state index < -0.39 is 0 Å². The monoisotopic (exact) mass is 226 g/mol. The second-order valence-corrected chi connectivity index (χ2v) is 5.23. The van der Waals surface area contributed by atoms with Gasteiger partial charge in [-0.3, -0.25) is 0 Å². The molecule has 84 valence electrons. The molecule has 0 saturated carbocycles. The lowest BCUT2D eigenvalue weighted by atomic mass is 10.1. The molecule has 3 unspecified atom stereocenters. The number of thiazole rings is 1. The number of hydrogen-bond donors (Lipinski definition) is 1. The van der Waals surface area contributed by atoms with Crippen molar-refractivity contribution < 1.29 is 4.74 Å². The number of nitrogens with two attached hydrogens (primary N) is 1. The molecule has 3 atom stereocenters. The molecule has 0 fully saturated rings. The van der Waals surface area contributed by atoms with Crippen LogP contribution in [0.4, 0.5) is 0 Å². The highest BCUT2D eigenvalue weighted by Gasteiger charge is 2.26. The van der Waals surface area contributed by atoms with Crippen molar-refractivity contribution >= 4 is 11.3 Å². The highest BCUT2D eigenvalue weighted by Crippen LogP contribution is 2.36. The molecule has 1 aliphatic rings. The molecule has 0 aromatic carbocycles. The van der Waals surface area contributed by atoms with Gasteiger partial charge in [0.2, 0.25) is 0 Å². The zero-order valence-electron chi connectivity index (χ0n) is 9.49. The third-order valence-corrected chi connectivity index (χ3v) is 4.18. The summed E-state index contributed by atoms with van der Waals surface area (Å²) in [6.45, 7) is 6.28. The zero-order valence-corrected chi connectivity index (χ0v) is 10.3. The second-order valence-electron chi connectivity index (χ2n) is 4.17. The number of nitrogens with zero attached hydrogens (tertiary/aromatic N) is 1. The Morgan fingerprint density at radius 2 is 2.33 bits per heavy atom. The summed E-state index contributed by atoms with van der Waals surface area (Å²) < 4.78 is 5.77. The van der Waals surface area contributed by atoms with Crippen LogP contribution >= 0.6 is 11.3 Å². The summed E-state index contributed by atoms with van der Waals surface area (Å²) >= 11 is 1.72. The molecule has 0 aliphatic carbocycles. The summed E-state index contributed by atoms with van der Waals surface area (Å²) in [5.74, 6) is 0. The zero-order chi connectivity index (χ0) is 11.0. The Labute approximate surface area is 94.7 Å². The molecule has 4 heteroatoms. The number of ether oxygens (including phenoxy) is 1. The minimum absolute atomic E-state index is 0.0862. The van der Waals surface area contributed by atoms with E-state index in [-0.39, 0.29) is 18.2 Å². The maximum Gasteiger partial charge on any atom is 0.110 e. The van der Waals surface area contributed by atoms with Crippen molar-refractivity contribution in [2.75, 3.05) is 0 Å². The molecule has 1 aromatic heterocycles. The van der Waals surface area contributed by atoms with Gasteiger partial charge in [-0.05, 0) is 20.3 Å². The average Bonchev–Trinajstić information content (AvgIpc) is 2.60. The van der Waals surface area contributed by atoms with Crippen LogP contribution in [-0.4, -0.2) is 11.1 Å². The molecule has 15 heavy (non-hydrogen) atoms. The molecule has 2 heterocycles. The van der Waals surface area contributed by atoms with Gasteiger partial charge >= 0.3 is 0 Å². The van der Waals surface area contributed by atoms with Gasteiger partial charge < -0.3 is 10.5 Å². The fraction of sp³-hybridized carbons (Fsp3) is 0.727. The maximum absolute atomic E-state index is 5.99. The summed E-state index contributed by atoms with van der Waals surface area (Å²) in [6.07, 6.45) is 2.32. The topological polar surface area (TPSA) is 48.1 Å². The SMILES string of the molecule is CCC(N)c1nc2c(s1)C(C)OC(C)C2. The Balaban J connectivity index is 2.30. The first-order valence-corrected chi connectivity index (χ1v) is 6.34. The number of aromatic nitrogens is 1. The van der Waals surface area contributed by atoms with Crippen molar-refractivity contribution in [2.45, 2.75) is 51.9 Å². The average molecular weight is 226 g/mol. The Kier molecular flexibility index (Phi) is 3.09. The van der Waals surface area contributed by atoms with Crippen LogP contribution < -0.4 is 5.73 Å². The molecule has 3 nitrogen and oxygen atoms in total. The standard InChI is InChI=1S/C11H18N2OS/c1-4-8(12)11-13-9-5-6(2)14-7(3)10(9)15-11/h6-8H,4-5,12H2,1-3H3. The number of hydrogen-bond acceptors (Lipinski definition) is 4. The quantitative estimate of drug-likeness (QED) is 0.843. The van der Waals surface area contributed by atoms with Crippen LogP contribution in [0.1, 0.15) is 54.9 Å². The molecule has 0 amide bonds. The van der Waals surface area contributed by atoms with Gasteiger partial charge in [0, 0.05) is 6.42 Å². The van der Waals surface area contributed by atoms with Gasteiger partial charge in [0.25, 0.3) is 0 Å². The van der Waals surface area contributed by atoms with Gasteiger partial charge in [-0.2, -0.15) is 0 Å². The fourth-order valence-corrected chi connectivity index (χ4v) is 3.08. The summed E-state index contributed by atoms with van der Waals surface area (Å²) in [5, 5.41) is 1.06. The van der Waals surface area contributed by atoms with Gasteiger partial charge in [0.1, 0.15) is 5.01 Å². The van der Waals surface area contributed by atoms with Gasteiger partial charge in [-0.15, -0.1) is 11.3 Å². The van der Waals surface area contributed by atoms with E-state index in [2.05, 4.69) is 25.8 Å². The molecule has 0 bridgehead atoms. The Morgan fingerprint density at radius 1 is 1.60 bits per heavy atom. The van der Waals surface area contributed by atoms with Crippen molar-refractivity contribution in [3.05, 3.63) is 15.6 Å². The molecule has 1 aliphatic heterocycles. The first-order valence-electron chi connectivity index (χ1n) is 5.52. The van der Waals surface area contributed by atoms with Crippen LogP contribution in [0.3, 0.4) is 0 Å².